The highest BCUT2D eigenvalue weighted by Gasteiger charge is 2.27. The van der Waals surface area contributed by atoms with Crippen LogP contribution in [0.2, 0.25) is 0 Å². The van der Waals surface area contributed by atoms with E-state index in [1.54, 1.807) is 14.2 Å². The summed E-state index contributed by atoms with van der Waals surface area (Å²) < 4.78 is 10.7. The summed E-state index contributed by atoms with van der Waals surface area (Å²) in [6, 6.07) is 9.74. The van der Waals surface area contributed by atoms with Gasteiger partial charge in [0.15, 0.2) is 11.5 Å². The highest BCUT2D eigenvalue weighted by Crippen LogP contribution is 2.41. The molecule has 0 fully saturated rings. The second kappa shape index (κ2) is 7.43. The van der Waals surface area contributed by atoms with Crippen LogP contribution in [0.4, 0.5) is 11.4 Å². The molecule has 1 aliphatic carbocycles. The number of nitrogens with one attached hydrogen (secondary N) is 1. The zero-order valence-corrected chi connectivity index (χ0v) is 14.7. The first-order valence-electron chi connectivity index (χ1n) is 8.31. The lowest BCUT2D eigenvalue weighted by molar-refractivity contribution is -0.384. The molecule has 3 rings (SSSR count). The van der Waals surface area contributed by atoms with Crippen LogP contribution in [0, 0.1) is 10.1 Å². The Kier molecular flexibility index (Phi) is 5.06. The minimum absolute atomic E-state index is 0.00578. The van der Waals surface area contributed by atoms with Gasteiger partial charge in [0.2, 0.25) is 5.91 Å². The van der Waals surface area contributed by atoms with Crippen LogP contribution in [0.1, 0.15) is 29.9 Å². The number of non-ortho nitro benzene ring substituents is 1. The van der Waals surface area contributed by atoms with Gasteiger partial charge in [-0.25, -0.2) is 0 Å². The van der Waals surface area contributed by atoms with Gasteiger partial charge in [-0.2, -0.15) is 0 Å². The second-order valence-corrected chi connectivity index (χ2v) is 6.20. The average Bonchev–Trinajstić information content (AvgIpc) is 3.02. The molecule has 7 nitrogen and oxygen atoms in total. The van der Waals surface area contributed by atoms with Gasteiger partial charge in [0, 0.05) is 24.2 Å². The molecule has 0 heterocycles. The van der Waals surface area contributed by atoms with Gasteiger partial charge in [-0.1, -0.05) is 0 Å². The largest absolute Gasteiger partial charge is 0.493 e. The topological polar surface area (TPSA) is 90.7 Å². The van der Waals surface area contributed by atoms with Crippen LogP contribution in [0.5, 0.6) is 11.5 Å². The number of nitrogens with zero attached hydrogens (tertiary/aromatic N) is 1. The van der Waals surface area contributed by atoms with Crippen LogP contribution in [0.25, 0.3) is 0 Å². The number of carbonyl (C=O) groups excluding carboxylic acids is 1. The number of fused-ring (bicyclic) bond motifs is 1. The number of anilines is 1. The number of hydrogen-bond acceptors (Lipinski definition) is 5. The van der Waals surface area contributed by atoms with E-state index in [0.717, 1.165) is 18.4 Å². The second-order valence-electron chi connectivity index (χ2n) is 6.20. The molecule has 0 saturated carbocycles. The van der Waals surface area contributed by atoms with Crippen molar-refractivity contribution in [3.63, 3.8) is 0 Å². The maximum Gasteiger partial charge on any atom is 0.269 e. The molecule has 26 heavy (non-hydrogen) atoms. The standard InChI is InChI=1S/C19H20N2O5/c1-25-17-9-12-3-4-13(16(12)11-18(17)26-2)10-19(22)20-14-5-7-15(8-6-14)21(23)24/h5-9,11,13H,3-4,10H2,1-2H3,(H,20,22). The third kappa shape index (κ3) is 3.61. The first-order valence-corrected chi connectivity index (χ1v) is 8.31. The highest BCUT2D eigenvalue weighted by molar-refractivity contribution is 5.91. The number of benzene rings is 2. The van der Waals surface area contributed by atoms with E-state index in [0.29, 0.717) is 23.6 Å². The smallest absolute Gasteiger partial charge is 0.269 e. The van der Waals surface area contributed by atoms with E-state index in [4.69, 9.17) is 9.47 Å². The van der Waals surface area contributed by atoms with Crippen LogP contribution in [-0.4, -0.2) is 25.1 Å². The van der Waals surface area contributed by atoms with Crippen molar-refractivity contribution in [1.82, 2.24) is 0 Å². The normalized spacial score (nSPS) is 15.2. The van der Waals surface area contributed by atoms with Crippen molar-refractivity contribution in [2.75, 3.05) is 19.5 Å². The molecule has 136 valence electrons. The van der Waals surface area contributed by atoms with Gasteiger partial charge in [-0.3, -0.25) is 14.9 Å². The Morgan fingerprint density at radius 2 is 1.85 bits per heavy atom. The quantitative estimate of drug-likeness (QED) is 0.630. The van der Waals surface area contributed by atoms with Gasteiger partial charge in [-0.15, -0.1) is 0 Å². The number of aryl methyl sites for hydroxylation is 1. The summed E-state index contributed by atoms with van der Waals surface area (Å²) in [5.74, 6) is 1.35. The van der Waals surface area contributed by atoms with Gasteiger partial charge in [0.05, 0.1) is 19.1 Å². The van der Waals surface area contributed by atoms with E-state index >= 15 is 0 Å². The minimum atomic E-state index is -0.470. The molecule has 1 aliphatic rings. The van der Waals surface area contributed by atoms with E-state index < -0.39 is 4.92 Å². The third-order valence-corrected chi connectivity index (χ3v) is 4.64. The third-order valence-electron chi connectivity index (χ3n) is 4.64. The summed E-state index contributed by atoms with van der Waals surface area (Å²) in [5.41, 5.74) is 2.83. The number of carbonyl (C=O) groups is 1. The van der Waals surface area contributed by atoms with Gasteiger partial charge in [-0.05, 0) is 54.2 Å². The Hall–Kier alpha value is -3.09. The lowest BCUT2D eigenvalue weighted by atomic mass is 9.97. The summed E-state index contributed by atoms with van der Waals surface area (Å²) in [7, 11) is 3.20. The monoisotopic (exact) mass is 356 g/mol. The maximum atomic E-state index is 12.4. The van der Waals surface area contributed by atoms with E-state index in [1.165, 1.54) is 29.8 Å². The SMILES string of the molecule is COc1cc2c(cc1OC)C(CC(=O)Nc1ccc([N+](=O)[O-])cc1)CC2. The molecule has 2 aromatic rings. The fourth-order valence-corrected chi connectivity index (χ4v) is 3.33. The first-order chi connectivity index (χ1) is 12.5. The van der Waals surface area contributed by atoms with Gasteiger partial charge in [0.1, 0.15) is 0 Å². The van der Waals surface area contributed by atoms with Crippen LogP contribution in [0.15, 0.2) is 36.4 Å². The number of rotatable bonds is 6. The van der Waals surface area contributed by atoms with Gasteiger partial charge in [0.25, 0.3) is 5.69 Å². The first kappa shape index (κ1) is 17.7. The molecule has 0 aromatic heterocycles. The predicted molar refractivity (Wildman–Crippen MR) is 97.0 cm³/mol. The number of methoxy groups -OCH3 is 2. The summed E-state index contributed by atoms with van der Waals surface area (Å²) in [5, 5.41) is 13.5. The average molecular weight is 356 g/mol. The van der Waals surface area contributed by atoms with Crippen molar-refractivity contribution >= 4 is 17.3 Å². The summed E-state index contributed by atoms with van der Waals surface area (Å²) >= 11 is 0. The van der Waals surface area contributed by atoms with E-state index in [9.17, 15) is 14.9 Å². The summed E-state index contributed by atoms with van der Waals surface area (Å²) in [6.45, 7) is 0. The maximum absolute atomic E-state index is 12.4. The Balaban J connectivity index is 1.69. The van der Waals surface area contributed by atoms with Crippen LogP contribution in [-0.2, 0) is 11.2 Å². The molecule has 1 unspecified atom stereocenters. The molecule has 1 N–H and O–H groups in total. The Labute approximate surface area is 151 Å². The number of ether oxygens (including phenoxy) is 2. The predicted octanol–water partition coefficient (Wildman–Crippen LogP) is 3.67. The van der Waals surface area contributed by atoms with Crippen molar-refractivity contribution in [2.24, 2.45) is 0 Å². The summed E-state index contributed by atoms with van der Waals surface area (Å²) in [6.07, 6.45) is 2.13. The van der Waals surface area contributed by atoms with E-state index in [-0.39, 0.29) is 17.5 Å². The Morgan fingerprint density at radius 3 is 2.46 bits per heavy atom. The minimum Gasteiger partial charge on any atom is -0.493 e. The van der Waals surface area contributed by atoms with E-state index in [2.05, 4.69) is 5.32 Å². The zero-order valence-electron chi connectivity index (χ0n) is 14.7. The Bertz CT molecular complexity index is 833. The highest BCUT2D eigenvalue weighted by atomic mass is 16.6. The van der Waals surface area contributed by atoms with Crippen molar-refractivity contribution in [3.05, 3.63) is 57.6 Å². The Morgan fingerprint density at radius 1 is 1.19 bits per heavy atom. The van der Waals surface area contributed by atoms with Gasteiger partial charge >= 0.3 is 0 Å². The van der Waals surface area contributed by atoms with Crippen LogP contribution >= 0.6 is 0 Å². The molecule has 1 atom stereocenters. The number of amides is 1. The fourth-order valence-electron chi connectivity index (χ4n) is 3.33. The fraction of sp³-hybridized carbons (Fsp3) is 0.316. The molecule has 0 aliphatic heterocycles. The molecule has 0 saturated heterocycles. The van der Waals surface area contributed by atoms with Crippen LogP contribution in [0.3, 0.4) is 0 Å². The van der Waals surface area contributed by atoms with Gasteiger partial charge < -0.3 is 14.8 Å². The lowest BCUT2D eigenvalue weighted by Crippen LogP contribution is -2.14. The lowest BCUT2D eigenvalue weighted by Gasteiger charge is -2.14. The zero-order chi connectivity index (χ0) is 18.7. The molecule has 1 amide bonds. The summed E-state index contributed by atoms with van der Waals surface area (Å²) in [4.78, 5) is 22.6. The molecule has 0 spiro atoms. The van der Waals surface area contributed by atoms with Crippen molar-refractivity contribution in [1.29, 1.82) is 0 Å². The number of nitro groups is 1. The number of hydrogen-bond donors (Lipinski definition) is 1. The molecular weight excluding hydrogens is 336 g/mol. The van der Waals surface area contributed by atoms with Crippen LogP contribution < -0.4 is 14.8 Å². The van der Waals surface area contributed by atoms with Crippen molar-refractivity contribution in [3.8, 4) is 11.5 Å². The molecular formula is C19H20N2O5. The van der Waals surface area contributed by atoms with E-state index in [1.807, 2.05) is 12.1 Å². The molecule has 2 aromatic carbocycles. The molecule has 0 radical (unpaired) electrons. The molecule has 7 heteroatoms. The van der Waals surface area contributed by atoms with Crippen molar-refractivity contribution < 1.29 is 19.2 Å². The molecule has 0 bridgehead atoms. The number of nitro benzene ring substituents is 1. The van der Waals surface area contributed by atoms with Crippen molar-refractivity contribution in [2.45, 2.75) is 25.2 Å².